The molecule has 26 heavy (non-hydrogen) atoms. The Morgan fingerprint density at radius 2 is 1.88 bits per heavy atom. The third-order valence-corrected chi connectivity index (χ3v) is 7.07. The lowest BCUT2D eigenvalue weighted by molar-refractivity contribution is -0.914. The normalized spacial score (nSPS) is 17.8. The molecule has 0 amide bonds. The number of aromatic nitrogens is 2. The summed E-state index contributed by atoms with van der Waals surface area (Å²) in [6.07, 6.45) is 5.44. The predicted molar refractivity (Wildman–Crippen MR) is 108 cm³/mol. The van der Waals surface area contributed by atoms with Gasteiger partial charge in [-0.05, 0) is 37.0 Å². The molecule has 2 aromatic heterocycles. The molecule has 0 bridgehead atoms. The van der Waals surface area contributed by atoms with E-state index >= 15 is 0 Å². The van der Waals surface area contributed by atoms with Crippen LogP contribution >= 0.6 is 22.9 Å². The highest BCUT2D eigenvalue weighted by atomic mass is 35.5. The molecule has 0 atom stereocenters. The number of halogens is 1. The van der Waals surface area contributed by atoms with Gasteiger partial charge >= 0.3 is 0 Å². The molecule has 5 rings (SSSR count). The third-order valence-electron chi connectivity index (χ3n) is 5.62. The highest BCUT2D eigenvalue weighted by Crippen LogP contribution is 2.40. The minimum absolute atomic E-state index is 0.810. The summed E-state index contributed by atoms with van der Waals surface area (Å²) >= 11 is 7.87. The average molecular weight is 386 g/mol. The van der Waals surface area contributed by atoms with Crippen molar-refractivity contribution in [3.63, 3.8) is 0 Å². The van der Waals surface area contributed by atoms with Gasteiger partial charge in [-0.1, -0.05) is 23.7 Å². The highest BCUT2D eigenvalue weighted by Gasteiger charge is 2.26. The summed E-state index contributed by atoms with van der Waals surface area (Å²) < 4.78 is 0. The molecule has 1 saturated heterocycles. The van der Waals surface area contributed by atoms with Crippen LogP contribution in [0.5, 0.6) is 0 Å². The first-order chi connectivity index (χ1) is 12.8. The highest BCUT2D eigenvalue weighted by molar-refractivity contribution is 7.19. The number of benzene rings is 1. The number of quaternary nitrogens is 1. The van der Waals surface area contributed by atoms with Crippen LogP contribution in [-0.4, -0.2) is 36.1 Å². The van der Waals surface area contributed by atoms with Gasteiger partial charge in [0.15, 0.2) is 0 Å². The van der Waals surface area contributed by atoms with Crippen molar-refractivity contribution in [2.45, 2.75) is 25.8 Å². The van der Waals surface area contributed by atoms with Gasteiger partial charge in [0, 0.05) is 15.5 Å². The van der Waals surface area contributed by atoms with Crippen LogP contribution in [0.15, 0.2) is 30.6 Å². The van der Waals surface area contributed by atoms with E-state index in [2.05, 4.69) is 22.0 Å². The number of fused-ring (bicyclic) bond motifs is 3. The molecule has 0 saturated carbocycles. The van der Waals surface area contributed by atoms with E-state index in [1.807, 2.05) is 23.5 Å². The van der Waals surface area contributed by atoms with Gasteiger partial charge in [0.2, 0.25) is 0 Å². The maximum Gasteiger partial charge on any atom is 0.141 e. The Morgan fingerprint density at radius 3 is 2.69 bits per heavy atom. The molecule has 1 N–H and O–H groups in total. The molecule has 0 radical (unpaired) electrons. The number of nitrogens with zero attached hydrogens (tertiary/aromatic N) is 3. The first-order valence-corrected chi connectivity index (χ1v) is 10.6. The van der Waals surface area contributed by atoms with E-state index in [0.717, 1.165) is 37.7 Å². The topological polar surface area (TPSA) is 33.5 Å². The molecular weight excluding hydrogens is 364 g/mol. The fraction of sp³-hybridized carbons (Fsp3) is 0.400. The monoisotopic (exact) mass is 385 g/mol. The summed E-state index contributed by atoms with van der Waals surface area (Å²) in [5.74, 6) is 1.17. The van der Waals surface area contributed by atoms with E-state index in [1.165, 1.54) is 51.3 Å². The lowest BCUT2D eigenvalue weighted by Gasteiger charge is -2.33. The Kier molecular flexibility index (Phi) is 4.31. The quantitative estimate of drug-likeness (QED) is 0.752. The zero-order chi connectivity index (χ0) is 17.5. The Labute approximate surface area is 162 Å². The molecule has 1 fully saturated rings. The fourth-order valence-corrected chi connectivity index (χ4v) is 5.60. The number of aryl methyl sites for hydroxylation is 2. The van der Waals surface area contributed by atoms with Crippen molar-refractivity contribution in [3.8, 4) is 0 Å². The van der Waals surface area contributed by atoms with Crippen molar-refractivity contribution in [1.29, 1.82) is 0 Å². The molecule has 3 aromatic rings. The molecule has 134 valence electrons. The second-order valence-corrected chi connectivity index (χ2v) is 8.80. The van der Waals surface area contributed by atoms with Crippen LogP contribution in [0.1, 0.15) is 22.4 Å². The number of thiophene rings is 1. The van der Waals surface area contributed by atoms with Gasteiger partial charge < -0.3 is 9.80 Å². The number of rotatable bonds is 3. The average Bonchev–Trinajstić information content (AvgIpc) is 3.25. The first-order valence-electron chi connectivity index (χ1n) is 9.36. The number of nitrogens with one attached hydrogen (secondary N) is 1. The predicted octanol–water partition coefficient (Wildman–Crippen LogP) is 2.74. The van der Waals surface area contributed by atoms with Crippen molar-refractivity contribution in [2.75, 3.05) is 31.1 Å². The van der Waals surface area contributed by atoms with Crippen molar-refractivity contribution in [3.05, 3.63) is 51.6 Å². The number of anilines is 1. The zero-order valence-corrected chi connectivity index (χ0v) is 16.2. The van der Waals surface area contributed by atoms with E-state index in [4.69, 9.17) is 16.6 Å². The summed E-state index contributed by atoms with van der Waals surface area (Å²) in [6.45, 7) is 5.46. The van der Waals surface area contributed by atoms with Crippen LogP contribution < -0.4 is 9.80 Å². The minimum atomic E-state index is 0.810. The van der Waals surface area contributed by atoms with Crippen LogP contribution in [0.3, 0.4) is 0 Å². The SMILES string of the molecule is Clc1ccc(C[NH+]2CCN(c3ncnc4sc5c(c34)CCC5)CC2)cc1. The van der Waals surface area contributed by atoms with Crippen LogP contribution in [0.2, 0.25) is 5.02 Å². The van der Waals surface area contributed by atoms with Crippen LogP contribution in [0.4, 0.5) is 5.82 Å². The van der Waals surface area contributed by atoms with E-state index in [9.17, 15) is 0 Å². The summed E-state index contributed by atoms with van der Waals surface area (Å²) in [7, 11) is 0. The van der Waals surface area contributed by atoms with E-state index < -0.39 is 0 Å². The van der Waals surface area contributed by atoms with E-state index in [0.29, 0.717) is 0 Å². The summed E-state index contributed by atoms with van der Waals surface area (Å²) in [5, 5.41) is 2.15. The molecule has 4 nitrogen and oxygen atoms in total. The molecule has 1 aliphatic carbocycles. The van der Waals surface area contributed by atoms with Gasteiger partial charge in [0.25, 0.3) is 0 Å². The molecule has 6 heteroatoms. The number of hydrogen-bond acceptors (Lipinski definition) is 4. The lowest BCUT2D eigenvalue weighted by Crippen LogP contribution is -3.13. The second kappa shape index (κ2) is 6.80. The van der Waals surface area contributed by atoms with Gasteiger partial charge in [-0.15, -0.1) is 11.3 Å². The number of piperazine rings is 1. The molecule has 2 aliphatic rings. The van der Waals surface area contributed by atoms with Gasteiger partial charge in [0.1, 0.15) is 23.5 Å². The molecule has 1 aliphatic heterocycles. The molecule has 0 unspecified atom stereocenters. The maximum atomic E-state index is 6.00. The van der Waals surface area contributed by atoms with Gasteiger partial charge in [-0.3, -0.25) is 0 Å². The molecule has 3 heterocycles. The van der Waals surface area contributed by atoms with Crippen molar-refractivity contribution in [1.82, 2.24) is 9.97 Å². The Bertz CT molecular complexity index is 929. The lowest BCUT2D eigenvalue weighted by atomic mass is 10.1. The Morgan fingerprint density at radius 1 is 1.08 bits per heavy atom. The standard InChI is InChI=1S/C20H21ClN4S/c21-15-6-4-14(5-7-15)12-24-8-10-25(11-9-24)19-18-16-2-1-3-17(16)26-20(18)23-13-22-19/h4-7,13H,1-3,8-12H2/p+1. The van der Waals surface area contributed by atoms with E-state index in [1.54, 1.807) is 11.2 Å². The minimum Gasteiger partial charge on any atom is -0.345 e. The van der Waals surface area contributed by atoms with Gasteiger partial charge in [0.05, 0.1) is 31.6 Å². The second-order valence-electron chi connectivity index (χ2n) is 7.28. The van der Waals surface area contributed by atoms with Crippen molar-refractivity contribution < 1.29 is 4.90 Å². The van der Waals surface area contributed by atoms with Crippen molar-refractivity contribution >= 4 is 39.0 Å². The maximum absolute atomic E-state index is 6.00. The third kappa shape index (κ3) is 2.98. The molecule has 1 aromatic carbocycles. The van der Waals surface area contributed by atoms with Gasteiger partial charge in [-0.25, -0.2) is 9.97 Å². The Hall–Kier alpha value is -1.69. The first kappa shape index (κ1) is 16.5. The number of hydrogen-bond donors (Lipinski definition) is 1. The summed E-state index contributed by atoms with van der Waals surface area (Å²) in [6, 6.07) is 8.26. The summed E-state index contributed by atoms with van der Waals surface area (Å²) in [4.78, 5) is 16.1. The fourth-order valence-electron chi connectivity index (χ4n) is 4.25. The molecule has 0 spiro atoms. The van der Waals surface area contributed by atoms with E-state index in [-0.39, 0.29) is 0 Å². The van der Waals surface area contributed by atoms with Gasteiger partial charge in [-0.2, -0.15) is 0 Å². The zero-order valence-electron chi connectivity index (χ0n) is 14.7. The largest absolute Gasteiger partial charge is 0.345 e. The summed E-state index contributed by atoms with van der Waals surface area (Å²) in [5.41, 5.74) is 2.88. The molecular formula is C20H22ClN4S+. The van der Waals surface area contributed by atoms with Crippen LogP contribution in [0, 0.1) is 0 Å². The Balaban J connectivity index is 1.33. The van der Waals surface area contributed by atoms with Crippen LogP contribution in [0.25, 0.3) is 10.2 Å². The smallest absolute Gasteiger partial charge is 0.141 e. The van der Waals surface area contributed by atoms with Crippen LogP contribution in [-0.2, 0) is 19.4 Å². The van der Waals surface area contributed by atoms with Crippen molar-refractivity contribution in [2.24, 2.45) is 0 Å².